The maximum atomic E-state index is 13.3. The second-order valence-corrected chi connectivity index (χ2v) is 7.05. The van der Waals surface area contributed by atoms with Crippen molar-refractivity contribution < 1.29 is 9.13 Å². The largest absolute Gasteiger partial charge is 0.496 e. The summed E-state index contributed by atoms with van der Waals surface area (Å²) in [6, 6.07) is 13.3. The molecular formula is C19H22Br2FN3O. The molecule has 0 radical (unpaired) electrons. The van der Waals surface area contributed by atoms with Crippen molar-refractivity contribution in [2.24, 2.45) is 10.7 Å². The molecule has 1 aliphatic carbocycles. The van der Waals surface area contributed by atoms with Crippen LogP contribution in [0.15, 0.2) is 51.9 Å². The van der Waals surface area contributed by atoms with Gasteiger partial charge >= 0.3 is 0 Å². The van der Waals surface area contributed by atoms with Crippen molar-refractivity contribution in [2.45, 2.75) is 31.3 Å². The van der Waals surface area contributed by atoms with Crippen molar-refractivity contribution in [3.63, 3.8) is 0 Å². The molecule has 2 aromatic rings. The first kappa shape index (κ1) is 20.7. The van der Waals surface area contributed by atoms with Gasteiger partial charge in [0.1, 0.15) is 11.6 Å². The molecule has 2 aromatic carbocycles. The van der Waals surface area contributed by atoms with Crippen LogP contribution in [-0.2, 0) is 6.54 Å². The Kier molecular flexibility index (Phi) is 7.46. The normalized spacial score (nSPS) is 19.3. The van der Waals surface area contributed by atoms with Gasteiger partial charge in [0.15, 0.2) is 5.96 Å². The molecule has 0 unspecified atom stereocenters. The Labute approximate surface area is 171 Å². The van der Waals surface area contributed by atoms with Crippen LogP contribution in [0.5, 0.6) is 5.75 Å². The van der Waals surface area contributed by atoms with E-state index in [1.807, 2.05) is 36.4 Å². The van der Waals surface area contributed by atoms with Gasteiger partial charge in [-0.25, -0.2) is 9.38 Å². The zero-order valence-electron chi connectivity index (χ0n) is 14.4. The van der Waals surface area contributed by atoms with E-state index in [1.54, 1.807) is 7.11 Å². The van der Waals surface area contributed by atoms with Gasteiger partial charge in [-0.05, 0) is 58.5 Å². The highest BCUT2D eigenvalue weighted by Gasteiger charge is 2.30. The minimum absolute atomic E-state index is 0. The molecule has 0 bridgehead atoms. The van der Waals surface area contributed by atoms with Crippen molar-refractivity contribution in [3.05, 3.63) is 63.9 Å². The van der Waals surface area contributed by atoms with Crippen LogP contribution in [0.4, 0.5) is 4.39 Å². The van der Waals surface area contributed by atoms with Gasteiger partial charge < -0.3 is 15.8 Å². The first-order chi connectivity index (χ1) is 12.1. The summed E-state index contributed by atoms with van der Waals surface area (Å²) in [5, 5.41) is 3.25. The van der Waals surface area contributed by atoms with E-state index in [0.29, 0.717) is 28.9 Å². The van der Waals surface area contributed by atoms with Gasteiger partial charge in [-0.1, -0.05) is 24.3 Å². The zero-order chi connectivity index (χ0) is 17.8. The van der Waals surface area contributed by atoms with E-state index in [0.717, 1.165) is 29.7 Å². The Bertz CT molecular complexity index is 779. The number of halogens is 3. The van der Waals surface area contributed by atoms with Crippen LogP contribution in [0, 0.1) is 5.82 Å². The average Bonchev–Trinajstić information content (AvgIpc) is 2.58. The summed E-state index contributed by atoms with van der Waals surface area (Å²) >= 11 is 3.24. The van der Waals surface area contributed by atoms with Crippen LogP contribution in [0.3, 0.4) is 0 Å². The fourth-order valence-corrected chi connectivity index (χ4v) is 3.43. The predicted molar refractivity (Wildman–Crippen MR) is 112 cm³/mol. The van der Waals surface area contributed by atoms with Crippen LogP contribution in [-0.4, -0.2) is 19.1 Å². The Morgan fingerprint density at radius 3 is 2.73 bits per heavy atom. The molecule has 0 amide bonds. The van der Waals surface area contributed by atoms with Gasteiger partial charge in [0, 0.05) is 11.6 Å². The van der Waals surface area contributed by atoms with Crippen LogP contribution >= 0.6 is 32.9 Å². The molecule has 0 atom stereocenters. The number of ether oxygens (including phenoxy) is 1. The topological polar surface area (TPSA) is 59.6 Å². The minimum atomic E-state index is -0.231. The number of aliphatic imine (C=N–C) groups is 1. The van der Waals surface area contributed by atoms with Gasteiger partial charge in [-0.2, -0.15) is 0 Å². The van der Waals surface area contributed by atoms with Gasteiger partial charge in [0.05, 0.1) is 18.1 Å². The number of nitrogens with two attached hydrogens (primary N) is 1. The van der Waals surface area contributed by atoms with Gasteiger partial charge in [-0.3, -0.25) is 0 Å². The van der Waals surface area contributed by atoms with Crippen molar-refractivity contribution in [1.82, 2.24) is 5.32 Å². The van der Waals surface area contributed by atoms with Crippen LogP contribution in [0.1, 0.15) is 29.9 Å². The van der Waals surface area contributed by atoms with E-state index in [9.17, 15) is 4.39 Å². The Hall–Kier alpha value is -1.60. The molecule has 4 nitrogen and oxygen atoms in total. The molecule has 3 N–H and O–H groups in total. The zero-order valence-corrected chi connectivity index (χ0v) is 17.7. The molecule has 3 rings (SSSR count). The lowest BCUT2D eigenvalue weighted by Gasteiger charge is -2.36. The molecule has 0 aromatic heterocycles. The van der Waals surface area contributed by atoms with Gasteiger partial charge in [0.2, 0.25) is 0 Å². The molecule has 140 valence electrons. The van der Waals surface area contributed by atoms with E-state index >= 15 is 0 Å². The second kappa shape index (κ2) is 9.37. The van der Waals surface area contributed by atoms with Crippen molar-refractivity contribution in [2.75, 3.05) is 7.11 Å². The molecule has 26 heavy (non-hydrogen) atoms. The molecule has 0 aliphatic heterocycles. The lowest BCUT2D eigenvalue weighted by molar-refractivity contribution is 0.323. The second-order valence-electron chi connectivity index (χ2n) is 6.20. The SMILES string of the molecule is Br.COc1ccccc1CN=C(N)NC1CC(c2ccc(F)c(Br)c2)C1. The maximum absolute atomic E-state index is 13.3. The fourth-order valence-electron chi connectivity index (χ4n) is 3.03. The minimum Gasteiger partial charge on any atom is -0.496 e. The first-order valence-electron chi connectivity index (χ1n) is 8.20. The van der Waals surface area contributed by atoms with Crippen molar-refractivity contribution in [3.8, 4) is 5.75 Å². The summed E-state index contributed by atoms with van der Waals surface area (Å²) in [7, 11) is 1.65. The number of rotatable bonds is 5. The molecule has 7 heteroatoms. The summed E-state index contributed by atoms with van der Waals surface area (Å²) < 4.78 is 19.1. The van der Waals surface area contributed by atoms with Gasteiger partial charge in [-0.15, -0.1) is 17.0 Å². The number of para-hydroxylation sites is 1. The predicted octanol–water partition coefficient (Wildman–Crippen LogP) is 4.53. The smallest absolute Gasteiger partial charge is 0.189 e. The number of hydrogen-bond donors (Lipinski definition) is 2. The highest BCUT2D eigenvalue weighted by molar-refractivity contribution is 9.10. The Balaban J connectivity index is 0.00000243. The van der Waals surface area contributed by atoms with Crippen molar-refractivity contribution >= 4 is 38.9 Å². The van der Waals surface area contributed by atoms with E-state index < -0.39 is 0 Å². The fraction of sp³-hybridized carbons (Fsp3) is 0.316. The highest BCUT2D eigenvalue weighted by atomic mass is 79.9. The third kappa shape index (κ3) is 4.98. The van der Waals surface area contributed by atoms with E-state index in [2.05, 4.69) is 26.2 Å². The lowest BCUT2D eigenvalue weighted by atomic mass is 9.76. The molecule has 0 heterocycles. The van der Waals surface area contributed by atoms with Crippen LogP contribution < -0.4 is 15.8 Å². The summed E-state index contributed by atoms with van der Waals surface area (Å²) in [6.07, 6.45) is 1.92. The molecule has 0 saturated heterocycles. The maximum Gasteiger partial charge on any atom is 0.189 e. The van der Waals surface area contributed by atoms with Gasteiger partial charge in [0.25, 0.3) is 0 Å². The molecule has 1 aliphatic rings. The number of guanidine groups is 1. The monoisotopic (exact) mass is 485 g/mol. The summed E-state index contributed by atoms with van der Waals surface area (Å²) in [4.78, 5) is 4.39. The highest BCUT2D eigenvalue weighted by Crippen LogP contribution is 2.38. The molecule has 1 saturated carbocycles. The third-order valence-electron chi connectivity index (χ3n) is 4.52. The van der Waals surface area contributed by atoms with E-state index in [1.165, 1.54) is 6.07 Å². The number of benzene rings is 2. The summed E-state index contributed by atoms with van der Waals surface area (Å²) in [6.45, 7) is 0.476. The Morgan fingerprint density at radius 1 is 1.31 bits per heavy atom. The standard InChI is InChI=1S/C19H21BrFN3O.BrH/c1-25-18-5-3-2-4-13(18)11-23-19(22)24-15-8-14(9-15)12-6-7-17(21)16(20)10-12;/h2-7,10,14-15H,8-9,11H2,1H3,(H3,22,23,24);1H. The van der Waals surface area contributed by atoms with E-state index in [-0.39, 0.29) is 22.8 Å². The first-order valence-corrected chi connectivity index (χ1v) is 8.99. The van der Waals surface area contributed by atoms with Crippen molar-refractivity contribution in [1.29, 1.82) is 0 Å². The molecule has 1 fully saturated rings. The number of methoxy groups -OCH3 is 1. The average molecular weight is 487 g/mol. The molecule has 0 spiro atoms. The number of nitrogens with one attached hydrogen (secondary N) is 1. The lowest BCUT2D eigenvalue weighted by Crippen LogP contribution is -2.46. The summed E-state index contributed by atoms with van der Waals surface area (Å²) in [5.41, 5.74) is 8.14. The summed E-state index contributed by atoms with van der Waals surface area (Å²) in [5.74, 6) is 1.45. The number of hydrogen-bond acceptors (Lipinski definition) is 2. The third-order valence-corrected chi connectivity index (χ3v) is 5.13. The Morgan fingerprint density at radius 2 is 2.04 bits per heavy atom. The quantitative estimate of drug-likeness (QED) is 0.482. The molecular weight excluding hydrogens is 465 g/mol. The van der Waals surface area contributed by atoms with E-state index in [4.69, 9.17) is 10.5 Å². The number of nitrogens with zero attached hydrogens (tertiary/aromatic N) is 1. The van der Waals surface area contributed by atoms with Crippen LogP contribution in [0.2, 0.25) is 0 Å². The van der Waals surface area contributed by atoms with Crippen LogP contribution in [0.25, 0.3) is 0 Å².